The van der Waals surface area contributed by atoms with Gasteiger partial charge in [-0.15, -0.1) is 0 Å². The lowest BCUT2D eigenvalue weighted by Crippen LogP contribution is -2.26. The van der Waals surface area contributed by atoms with E-state index in [1.807, 2.05) is 4.57 Å². The molecule has 114 valence electrons. The van der Waals surface area contributed by atoms with Crippen LogP contribution in [0, 0.1) is 12.7 Å². The first-order valence-corrected chi connectivity index (χ1v) is 7.89. The van der Waals surface area contributed by atoms with Gasteiger partial charge in [0.1, 0.15) is 5.82 Å². The molecule has 0 atom stereocenters. The molecule has 0 fully saturated rings. The Balaban J connectivity index is 2.02. The molecular weight excluding hydrogens is 295 g/mol. The molecule has 0 saturated heterocycles. The summed E-state index contributed by atoms with van der Waals surface area (Å²) in [5, 5.41) is 0. The van der Waals surface area contributed by atoms with Crippen molar-refractivity contribution >= 4 is 15.7 Å². The molecule has 0 amide bonds. The third-order valence-corrected chi connectivity index (χ3v) is 4.64. The number of sulfonamides is 1. The van der Waals surface area contributed by atoms with E-state index >= 15 is 0 Å². The number of halogens is 1. The van der Waals surface area contributed by atoms with Gasteiger partial charge in [0.05, 0.1) is 11.2 Å². The van der Waals surface area contributed by atoms with Crippen molar-refractivity contribution in [3.63, 3.8) is 0 Å². The highest BCUT2D eigenvalue weighted by molar-refractivity contribution is 7.89. The minimum atomic E-state index is -3.77. The first-order chi connectivity index (χ1) is 9.90. The summed E-state index contributed by atoms with van der Waals surface area (Å²) in [5.41, 5.74) is 5.64. The molecule has 1 heterocycles. The maximum atomic E-state index is 13.6. The first kappa shape index (κ1) is 15.5. The normalized spacial score (nSPS) is 11.7. The van der Waals surface area contributed by atoms with E-state index in [1.54, 1.807) is 18.7 Å². The molecule has 6 nitrogen and oxygen atoms in total. The summed E-state index contributed by atoms with van der Waals surface area (Å²) in [6.45, 7) is 2.30. The summed E-state index contributed by atoms with van der Waals surface area (Å²) < 4.78 is 42.2. The average molecular weight is 312 g/mol. The fraction of sp³-hybridized carbons (Fsp3) is 0.308. The van der Waals surface area contributed by atoms with Crippen molar-refractivity contribution in [2.45, 2.75) is 24.8 Å². The number of anilines is 1. The van der Waals surface area contributed by atoms with Gasteiger partial charge in [0.15, 0.2) is 0 Å². The number of nitrogens with two attached hydrogens (primary N) is 1. The highest BCUT2D eigenvalue weighted by atomic mass is 32.2. The molecule has 0 radical (unpaired) electrons. The van der Waals surface area contributed by atoms with Gasteiger partial charge in [-0.2, -0.15) is 0 Å². The van der Waals surface area contributed by atoms with Crippen LogP contribution in [-0.4, -0.2) is 24.5 Å². The van der Waals surface area contributed by atoms with E-state index in [0.29, 0.717) is 13.0 Å². The molecule has 8 heteroatoms. The Bertz CT molecular complexity index is 714. The molecule has 2 rings (SSSR count). The fourth-order valence-electron chi connectivity index (χ4n) is 1.92. The van der Waals surface area contributed by atoms with Gasteiger partial charge in [0.25, 0.3) is 0 Å². The summed E-state index contributed by atoms with van der Waals surface area (Å²) in [6, 6.07) is 2.37. The first-order valence-electron chi connectivity index (χ1n) is 6.41. The Morgan fingerprint density at radius 2 is 2.19 bits per heavy atom. The van der Waals surface area contributed by atoms with E-state index in [-0.39, 0.29) is 22.7 Å². The molecule has 0 spiro atoms. The number of benzene rings is 1. The second kappa shape index (κ2) is 6.23. The monoisotopic (exact) mass is 312 g/mol. The summed E-state index contributed by atoms with van der Waals surface area (Å²) >= 11 is 0. The quantitative estimate of drug-likeness (QED) is 0.621. The van der Waals surface area contributed by atoms with Gasteiger partial charge in [0.2, 0.25) is 10.0 Å². The number of aromatic nitrogens is 2. The van der Waals surface area contributed by atoms with Gasteiger partial charge in [-0.25, -0.2) is 22.5 Å². The van der Waals surface area contributed by atoms with Crippen LogP contribution in [0.15, 0.2) is 35.7 Å². The van der Waals surface area contributed by atoms with Crippen molar-refractivity contribution in [2.24, 2.45) is 0 Å². The second-order valence-corrected chi connectivity index (χ2v) is 6.41. The highest BCUT2D eigenvalue weighted by Gasteiger charge is 2.19. The van der Waals surface area contributed by atoms with Crippen molar-refractivity contribution < 1.29 is 12.8 Å². The van der Waals surface area contributed by atoms with E-state index in [4.69, 9.17) is 5.73 Å². The van der Waals surface area contributed by atoms with E-state index in [9.17, 15) is 12.8 Å². The van der Waals surface area contributed by atoms with Crippen molar-refractivity contribution in [3.05, 3.63) is 42.2 Å². The van der Waals surface area contributed by atoms with Crippen molar-refractivity contribution in [1.82, 2.24) is 14.3 Å². The van der Waals surface area contributed by atoms with Crippen LogP contribution in [-0.2, 0) is 16.6 Å². The van der Waals surface area contributed by atoms with Crippen molar-refractivity contribution in [2.75, 3.05) is 12.3 Å². The molecule has 0 bridgehead atoms. The van der Waals surface area contributed by atoms with Gasteiger partial charge in [0, 0.05) is 36.7 Å². The standard InChI is InChI=1S/C13H17FN4O2S/c1-10-12(14)7-11(15)8-13(10)21(19,20)17-3-2-5-18-6-4-16-9-18/h4,6-9,17H,2-3,5,15H2,1H3. The van der Waals surface area contributed by atoms with Crippen LogP contribution in [0.1, 0.15) is 12.0 Å². The highest BCUT2D eigenvalue weighted by Crippen LogP contribution is 2.21. The molecule has 2 aromatic rings. The van der Waals surface area contributed by atoms with Crippen LogP contribution in [0.4, 0.5) is 10.1 Å². The summed E-state index contributed by atoms with van der Waals surface area (Å²) in [7, 11) is -3.77. The van der Waals surface area contributed by atoms with Gasteiger partial charge >= 0.3 is 0 Å². The number of imidazole rings is 1. The Morgan fingerprint density at radius 3 is 2.86 bits per heavy atom. The van der Waals surface area contributed by atoms with Crippen LogP contribution in [0.3, 0.4) is 0 Å². The molecule has 0 aliphatic carbocycles. The smallest absolute Gasteiger partial charge is 0.241 e. The molecule has 1 aromatic carbocycles. The maximum Gasteiger partial charge on any atom is 0.241 e. The van der Waals surface area contributed by atoms with Gasteiger partial charge < -0.3 is 10.3 Å². The van der Waals surface area contributed by atoms with E-state index in [1.165, 1.54) is 13.0 Å². The largest absolute Gasteiger partial charge is 0.399 e. The minimum absolute atomic E-state index is 0.0614. The number of aryl methyl sites for hydroxylation is 1. The topological polar surface area (TPSA) is 90.0 Å². The SMILES string of the molecule is Cc1c(F)cc(N)cc1S(=O)(=O)NCCCn1ccnc1. The van der Waals surface area contributed by atoms with Crippen LogP contribution >= 0.6 is 0 Å². The number of rotatable bonds is 6. The number of hydrogen-bond acceptors (Lipinski definition) is 4. The molecule has 0 unspecified atom stereocenters. The summed E-state index contributed by atoms with van der Waals surface area (Å²) in [5.74, 6) is -0.631. The summed E-state index contributed by atoms with van der Waals surface area (Å²) in [4.78, 5) is 3.77. The Labute approximate surface area is 122 Å². The maximum absolute atomic E-state index is 13.6. The molecule has 0 saturated carbocycles. The molecule has 0 aliphatic heterocycles. The predicted octanol–water partition coefficient (Wildman–Crippen LogP) is 1.28. The lowest BCUT2D eigenvalue weighted by molar-refractivity contribution is 0.565. The van der Waals surface area contributed by atoms with E-state index in [2.05, 4.69) is 9.71 Å². The van der Waals surface area contributed by atoms with Crippen molar-refractivity contribution in [1.29, 1.82) is 0 Å². The zero-order valence-corrected chi connectivity index (χ0v) is 12.4. The van der Waals surface area contributed by atoms with Gasteiger partial charge in [-0.1, -0.05) is 0 Å². The van der Waals surface area contributed by atoms with Crippen molar-refractivity contribution in [3.8, 4) is 0 Å². The Hall–Kier alpha value is -1.93. The number of nitrogens with zero attached hydrogens (tertiary/aromatic N) is 2. The molecule has 21 heavy (non-hydrogen) atoms. The predicted molar refractivity (Wildman–Crippen MR) is 77.6 cm³/mol. The van der Waals surface area contributed by atoms with Gasteiger partial charge in [-0.05, 0) is 25.5 Å². The zero-order valence-electron chi connectivity index (χ0n) is 11.6. The Morgan fingerprint density at radius 1 is 1.43 bits per heavy atom. The minimum Gasteiger partial charge on any atom is -0.399 e. The third kappa shape index (κ3) is 3.79. The second-order valence-electron chi connectivity index (χ2n) is 4.68. The zero-order chi connectivity index (χ0) is 15.5. The summed E-state index contributed by atoms with van der Waals surface area (Å²) in [6.07, 6.45) is 5.71. The number of hydrogen-bond donors (Lipinski definition) is 2. The third-order valence-electron chi connectivity index (χ3n) is 3.05. The van der Waals surface area contributed by atoms with E-state index in [0.717, 1.165) is 6.07 Å². The van der Waals surface area contributed by atoms with Crippen LogP contribution in [0.2, 0.25) is 0 Å². The van der Waals surface area contributed by atoms with Crippen LogP contribution < -0.4 is 10.5 Å². The lowest BCUT2D eigenvalue weighted by atomic mass is 10.2. The number of nitrogen functional groups attached to an aromatic ring is 1. The fourth-order valence-corrected chi connectivity index (χ4v) is 3.28. The van der Waals surface area contributed by atoms with Crippen LogP contribution in [0.25, 0.3) is 0 Å². The molecule has 3 N–H and O–H groups in total. The Kier molecular flexibility index (Phi) is 4.59. The molecule has 1 aromatic heterocycles. The average Bonchev–Trinajstić information content (AvgIpc) is 2.92. The number of nitrogens with one attached hydrogen (secondary N) is 1. The lowest BCUT2D eigenvalue weighted by Gasteiger charge is -2.11. The molecule has 0 aliphatic rings. The van der Waals surface area contributed by atoms with E-state index < -0.39 is 15.8 Å². The molecular formula is C13H17FN4O2S. The van der Waals surface area contributed by atoms with Gasteiger partial charge in [-0.3, -0.25) is 0 Å². The van der Waals surface area contributed by atoms with Crippen LogP contribution in [0.5, 0.6) is 0 Å².